The van der Waals surface area contributed by atoms with Crippen molar-refractivity contribution < 1.29 is 24.2 Å². The number of carboxylic acids is 1. The number of nitrogens with zero attached hydrogens (tertiary/aromatic N) is 3. The van der Waals surface area contributed by atoms with E-state index in [1.54, 1.807) is 56.7 Å². The molecular formula is C19H27N5O5. The first-order chi connectivity index (χ1) is 13.8. The van der Waals surface area contributed by atoms with Crippen molar-refractivity contribution in [2.24, 2.45) is 5.73 Å². The summed E-state index contributed by atoms with van der Waals surface area (Å²) in [5.41, 5.74) is 6.80. The quantitative estimate of drug-likeness (QED) is 0.591. The molecule has 10 heteroatoms. The Balaban J connectivity index is 0.000000960. The molecule has 0 unspecified atom stereocenters. The number of ether oxygens (including phenoxy) is 2. The first kappa shape index (κ1) is 23.6. The second-order valence-electron chi connectivity index (χ2n) is 5.85. The third kappa shape index (κ3) is 8.01. The van der Waals surface area contributed by atoms with Crippen LogP contribution in [0.2, 0.25) is 0 Å². The van der Waals surface area contributed by atoms with Crippen LogP contribution in [-0.2, 0) is 11.3 Å². The molecule has 0 aliphatic carbocycles. The van der Waals surface area contributed by atoms with Crippen LogP contribution in [0.3, 0.4) is 0 Å². The number of amides is 1. The average molecular weight is 405 g/mol. The van der Waals surface area contributed by atoms with Gasteiger partial charge in [0.15, 0.2) is 11.5 Å². The van der Waals surface area contributed by atoms with E-state index in [1.807, 2.05) is 0 Å². The van der Waals surface area contributed by atoms with Gasteiger partial charge in [-0.1, -0.05) is 0 Å². The third-order valence-electron chi connectivity index (χ3n) is 3.48. The summed E-state index contributed by atoms with van der Waals surface area (Å²) in [5.74, 6) is 0.616. The van der Waals surface area contributed by atoms with Gasteiger partial charge in [-0.15, -0.1) is 0 Å². The van der Waals surface area contributed by atoms with Crippen LogP contribution < -0.4 is 20.5 Å². The van der Waals surface area contributed by atoms with E-state index >= 15 is 0 Å². The molecule has 0 fully saturated rings. The summed E-state index contributed by atoms with van der Waals surface area (Å²) in [5, 5.41) is 10.3. The van der Waals surface area contributed by atoms with Crippen molar-refractivity contribution in [3.63, 3.8) is 0 Å². The van der Waals surface area contributed by atoms with Gasteiger partial charge < -0.3 is 30.5 Å². The van der Waals surface area contributed by atoms with E-state index in [1.165, 1.54) is 0 Å². The lowest BCUT2D eigenvalue weighted by molar-refractivity contribution is -0.134. The van der Waals surface area contributed by atoms with Crippen LogP contribution in [-0.4, -0.2) is 66.2 Å². The molecule has 1 amide bonds. The van der Waals surface area contributed by atoms with E-state index in [2.05, 4.69) is 15.3 Å². The minimum absolute atomic E-state index is 0.141. The molecule has 0 spiro atoms. The normalized spacial score (nSPS) is 9.69. The molecule has 1 aromatic carbocycles. The van der Waals surface area contributed by atoms with Gasteiger partial charge in [0, 0.05) is 57.6 Å². The molecule has 10 nitrogen and oxygen atoms in total. The monoisotopic (exact) mass is 405 g/mol. The number of carboxylic acid groups (broad SMARTS) is 1. The fourth-order valence-electron chi connectivity index (χ4n) is 2.22. The van der Waals surface area contributed by atoms with Crippen molar-refractivity contribution in [2.75, 3.05) is 39.7 Å². The number of aliphatic carboxylic acids is 1. The van der Waals surface area contributed by atoms with E-state index in [9.17, 15) is 4.79 Å². The molecule has 4 N–H and O–H groups in total. The first-order valence-electron chi connectivity index (χ1n) is 8.76. The molecule has 0 atom stereocenters. The molecule has 1 aromatic heterocycles. The van der Waals surface area contributed by atoms with E-state index < -0.39 is 5.97 Å². The van der Waals surface area contributed by atoms with Crippen LogP contribution in [0.15, 0.2) is 30.6 Å². The van der Waals surface area contributed by atoms with Crippen LogP contribution in [0.4, 0.5) is 5.95 Å². The number of benzene rings is 1. The molecule has 0 saturated carbocycles. The van der Waals surface area contributed by atoms with Crippen molar-refractivity contribution in [2.45, 2.75) is 13.5 Å². The second-order valence-corrected chi connectivity index (χ2v) is 5.85. The highest BCUT2D eigenvalue weighted by atomic mass is 16.5. The number of nitrogens with two attached hydrogens (primary N) is 1. The molecule has 0 aliphatic rings. The summed E-state index contributed by atoms with van der Waals surface area (Å²) < 4.78 is 10.8. The van der Waals surface area contributed by atoms with E-state index in [4.69, 9.17) is 25.1 Å². The Kier molecular flexibility index (Phi) is 9.89. The standard InChI is InChI=1S/C17H23N5O3.C2H4O2/c1-19-17-20-9-12(10-21-17)11-22(2)16(23)13-4-5-14(24-3)15(8-13)25-7-6-18;1-2(3)4/h4-5,8-10H,6-7,11,18H2,1-3H3,(H,19,20,21);1H3,(H,3,4). The lowest BCUT2D eigenvalue weighted by Crippen LogP contribution is -2.26. The highest BCUT2D eigenvalue weighted by Crippen LogP contribution is 2.28. The minimum atomic E-state index is -0.833. The molecular weight excluding hydrogens is 378 g/mol. The maximum atomic E-state index is 12.6. The molecule has 158 valence electrons. The minimum Gasteiger partial charge on any atom is -0.493 e. The van der Waals surface area contributed by atoms with Gasteiger partial charge in [0.1, 0.15) is 6.61 Å². The zero-order valence-electron chi connectivity index (χ0n) is 17.0. The SMILES string of the molecule is CC(=O)O.CNc1ncc(CN(C)C(=O)c2ccc(OC)c(OCCN)c2)cn1. The number of nitrogens with one attached hydrogen (secondary N) is 1. The predicted molar refractivity (Wildman–Crippen MR) is 108 cm³/mol. The molecule has 0 aliphatic heterocycles. The lowest BCUT2D eigenvalue weighted by Gasteiger charge is -2.18. The number of methoxy groups -OCH3 is 1. The second kappa shape index (κ2) is 12.1. The highest BCUT2D eigenvalue weighted by Gasteiger charge is 2.15. The summed E-state index contributed by atoms with van der Waals surface area (Å²) in [6.45, 7) is 2.21. The zero-order valence-corrected chi connectivity index (χ0v) is 17.0. The first-order valence-corrected chi connectivity index (χ1v) is 8.76. The summed E-state index contributed by atoms with van der Waals surface area (Å²) in [6, 6.07) is 5.07. The summed E-state index contributed by atoms with van der Waals surface area (Å²) in [6.07, 6.45) is 3.37. The Morgan fingerprint density at radius 3 is 2.38 bits per heavy atom. The summed E-state index contributed by atoms with van der Waals surface area (Å²) in [7, 11) is 5.02. The maximum Gasteiger partial charge on any atom is 0.300 e. The number of aromatic nitrogens is 2. The topological polar surface area (TPSA) is 140 Å². The van der Waals surface area contributed by atoms with Gasteiger partial charge in [0.2, 0.25) is 5.95 Å². The number of hydrogen-bond donors (Lipinski definition) is 3. The molecule has 0 bridgehead atoms. The fourth-order valence-corrected chi connectivity index (χ4v) is 2.22. The lowest BCUT2D eigenvalue weighted by atomic mass is 10.1. The van der Waals surface area contributed by atoms with E-state index in [0.717, 1.165) is 12.5 Å². The number of anilines is 1. The Hall–Kier alpha value is -3.40. The Morgan fingerprint density at radius 1 is 1.24 bits per heavy atom. The Bertz CT molecular complexity index is 794. The summed E-state index contributed by atoms with van der Waals surface area (Å²) >= 11 is 0. The van der Waals surface area contributed by atoms with E-state index in [-0.39, 0.29) is 5.91 Å². The van der Waals surface area contributed by atoms with Gasteiger partial charge in [0.25, 0.3) is 11.9 Å². The largest absolute Gasteiger partial charge is 0.493 e. The number of hydrogen-bond acceptors (Lipinski definition) is 8. The van der Waals surface area contributed by atoms with Crippen LogP contribution in [0, 0.1) is 0 Å². The molecule has 0 saturated heterocycles. The van der Waals surface area contributed by atoms with Crippen LogP contribution in [0.5, 0.6) is 11.5 Å². The van der Waals surface area contributed by atoms with E-state index in [0.29, 0.717) is 42.7 Å². The average Bonchev–Trinajstić information content (AvgIpc) is 2.71. The van der Waals surface area contributed by atoms with Crippen LogP contribution >= 0.6 is 0 Å². The van der Waals surface area contributed by atoms with Crippen molar-refractivity contribution in [3.05, 3.63) is 41.7 Å². The van der Waals surface area contributed by atoms with Crippen LogP contribution in [0.25, 0.3) is 0 Å². The highest BCUT2D eigenvalue weighted by molar-refractivity contribution is 5.94. The molecule has 1 heterocycles. The summed E-state index contributed by atoms with van der Waals surface area (Å²) in [4.78, 5) is 31.5. The van der Waals surface area contributed by atoms with Crippen LogP contribution in [0.1, 0.15) is 22.8 Å². The third-order valence-corrected chi connectivity index (χ3v) is 3.48. The molecule has 2 aromatic rings. The van der Waals surface area contributed by atoms with Gasteiger partial charge in [-0.3, -0.25) is 9.59 Å². The van der Waals surface area contributed by atoms with Gasteiger partial charge in [-0.25, -0.2) is 9.97 Å². The van der Waals surface area contributed by atoms with Gasteiger partial charge >= 0.3 is 0 Å². The number of carbonyl (C=O) groups is 2. The van der Waals surface area contributed by atoms with Gasteiger partial charge in [-0.2, -0.15) is 0 Å². The Morgan fingerprint density at radius 2 is 1.86 bits per heavy atom. The Labute approximate surface area is 169 Å². The zero-order chi connectivity index (χ0) is 21.8. The molecule has 0 radical (unpaired) electrons. The van der Waals surface area contributed by atoms with Crippen molar-refractivity contribution >= 4 is 17.8 Å². The number of carbonyl (C=O) groups excluding carboxylic acids is 1. The van der Waals surface area contributed by atoms with Gasteiger partial charge in [-0.05, 0) is 18.2 Å². The smallest absolute Gasteiger partial charge is 0.300 e. The fraction of sp³-hybridized carbons (Fsp3) is 0.368. The van der Waals surface area contributed by atoms with Crippen molar-refractivity contribution in [1.82, 2.24) is 14.9 Å². The predicted octanol–water partition coefficient (Wildman–Crippen LogP) is 1.23. The van der Waals surface area contributed by atoms with Gasteiger partial charge in [0.05, 0.1) is 7.11 Å². The van der Waals surface area contributed by atoms with Crippen molar-refractivity contribution in [1.29, 1.82) is 0 Å². The number of rotatable bonds is 8. The molecule has 29 heavy (non-hydrogen) atoms. The molecule has 2 rings (SSSR count). The maximum absolute atomic E-state index is 12.6. The van der Waals surface area contributed by atoms with Crippen molar-refractivity contribution in [3.8, 4) is 11.5 Å².